The van der Waals surface area contributed by atoms with Gasteiger partial charge in [-0.15, -0.1) is 0 Å². The quantitative estimate of drug-likeness (QED) is 0.187. The van der Waals surface area contributed by atoms with Gasteiger partial charge in [-0.05, 0) is 18.2 Å². The molecule has 7 heteroatoms. The third-order valence-corrected chi connectivity index (χ3v) is 5.26. The number of benzene rings is 3. The van der Waals surface area contributed by atoms with E-state index in [0.29, 0.717) is 33.9 Å². The number of aromatic nitrogens is 2. The third kappa shape index (κ3) is 3.72. The van der Waals surface area contributed by atoms with E-state index in [-0.39, 0.29) is 11.5 Å². The van der Waals surface area contributed by atoms with E-state index < -0.39 is 4.92 Å². The van der Waals surface area contributed by atoms with Gasteiger partial charge in [0.15, 0.2) is 11.5 Å². The Morgan fingerprint density at radius 2 is 1.45 bits per heavy atom. The van der Waals surface area contributed by atoms with E-state index in [4.69, 9.17) is 4.42 Å². The van der Waals surface area contributed by atoms with Crippen LogP contribution in [-0.4, -0.2) is 20.5 Å². The normalized spacial score (nSPS) is 10.8. The van der Waals surface area contributed by atoms with Crippen molar-refractivity contribution in [2.75, 3.05) is 0 Å². The number of rotatable bonds is 6. The highest BCUT2D eigenvalue weighted by molar-refractivity contribution is 6.15. The summed E-state index contributed by atoms with van der Waals surface area (Å²) in [5.41, 5.74) is 2.65. The summed E-state index contributed by atoms with van der Waals surface area (Å²) in [7, 11) is 0. The van der Waals surface area contributed by atoms with Crippen LogP contribution in [0.1, 0.15) is 15.9 Å². The lowest BCUT2D eigenvalue weighted by Gasteiger charge is -2.07. The van der Waals surface area contributed by atoms with Gasteiger partial charge >= 0.3 is 0 Å². The van der Waals surface area contributed by atoms with E-state index in [9.17, 15) is 14.9 Å². The summed E-state index contributed by atoms with van der Waals surface area (Å²) in [6.45, 7) is 0. The summed E-state index contributed by atoms with van der Waals surface area (Å²) in [6.07, 6.45) is 3.35. The third-order valence-electron chi connectivity index (χ3n) is 5.26. The number of non-ortho nitro benzene ring substituents is 1. The molecule has 33 heavy (non-hydrogen) atoms. The van der Waals surface area contributed by atoms with Gasteiger partial charge in [0.1, 0.15) is 11.4 Å². The second kappa shape index (κ2) is 8.39. The van der Waals surface area contributed by atoms with Gasteiger partial charge in [0.25, 0.3) is 5.69 Å². The molecular formula is C26H17N3O4. The predicted octanol–water partition coefficient (Wildman–Crippen LogP) is 5.94. The molecule has 0 N–H and O–H groups in total. The molecule has 2 heterocycles. The summed E-state index contributed by atoms with van der Waals surface area (Å²) in [6, 6.07) is 26.1. The Morgan fingerprint density at radius 1 is 0.818 bits per heavy atom. The van der Waals surface area contributed by atoms with Crippen molar-refractivity contribution in [3.05, 3.63) is 125 Å². The van der Waals surface area contributed by atoms with E-state index in [2.05, 4.69) is 5.10 Å². The monoisotopic (exact) mass is 435 g/mol. The average molecular weight is 435 g/mol. The van der Waals surface area contributed by atoms with Crippen LogP contribution in [0, 0.1) is 10.1 Å². The van der Waals surface area contributed by atoms with Crippen molar-refractivity contribution in [2.45, 2.75) is 0 Å². The van der Waals surface area contributed by atoms with E-state index in [1.54, 1.807) is 59.5 Å². The van der Waals surface area contributed by atoms with Crippen LogP contribution in [0.25, 0.3) is 28.3 Å². The van der Waals surface area contributed by atoms with Gasteiger partial charge in [-0.3, -0.25) is 14.9 Å². The zero-order chi connectivity index (χ0) is 22.8. The Kier molecular flexibility index (Phi) is 5.12. The van der Waals surface area contributed by atoms with Crippen LogP contribution in [-0.2, 0) is 0 Å². The molecule has 0 spiro atoms. The maximum Gasteiger partial charge on any atom is 0.269 e. The van der Waals surface area contributed by atoms with Gasteiger partial charge in [0.05, 0.1) is 10.5 Å². The number of furan rings is 1. The van der Waals surface area contributed by atoms with Crippen LogP contribution in [0.4, 0.5) is 5.69 Å². The smallest absolute Gasteiger partial charge is 0.269 e. The van der Waals surface area contributed by atoms with Gasteiger partial charge in [-0.2, -0.15) is 5.10 Å². The minimum atomic E-state index is -0.458. The van der Waals surface area contributed by atoms with Crippen molar-refractivity contribution in [3.63, 3.8) is 0 Å². The van der Waals surface area contributed by atoms with E-state index >= 15 is 0 Å². The molecule has 0 fully saturated rings. The summed E-state index contributed by atoms with van der Waals surface area (Å²) < 4.78 is 7.92. The fraction of sp³-hybridized carbons (Fsp3) is 0. The number of hydrogen-bond acceptors (Lipinski definition) is 5. The summed E-state index contributed by atoms with van der Waals surface area (Å²) >= 11 is 0. The zero-order valence-electron chi connectivity index (χ0n) is 17.3. The molecule has 0 atom stereocenters. The number of carbonyl (C=O) groups excluding carboxylic acids is 1. The van der Waals surface area contributed by atoms with Crippen molar-refractivity contribution < 1.29 is 14.1 Å². The second-order valence-corrected chi connectivity index (χ2v) is 7.30. The molecule has 3 aromatic carbocycles. The van der Waals surface area contributed by atoms with Gasteiger partial charge in [-0.25, -0.2) is 4.68 Å². The highest BCUT2D eigenvalue weighted by Crippen LogP contribution is 2.41. The Morgan fingerprint density at radius 3 is 2.06 bits per heavy atom. The summed E-state index contributed by atoms with van der Waals surface area (Å²) in [5, 5.41) is 15.5. The maximum atomic E-state index is 13.8. The highest BCUT2D eigenvalue weighted by Gasteiger charge is 2.29. The molecule has 0 radical (unpaired) electrons. The number of carbonyl (C=O) groups is 1. The molecule has 0 saturated heterocycles. The van der Waals surface area contributed by atoms with Crippen LogP contribution in [0.15, 0.2) is 108 Å². The average Bonchev–Trinajstić information content (AvgIpc) is 3.53. The molecule has 7 nitrogen and oxygen atoms in total. The molecular weight excluding hydrogens is 418 g/mol. The van der Waals surface area contributed by atoms with Crippen molar-refractivity contribution >= 4 is 11.5 Å². The van der Waals surface area contributed by atoms with E-state index in [0.717, 1.165) is 5.56 Å². The fourth-order valence-corrected chi connectivity index (χ4v) is 3.71. The van der Waals surface area contributed by atoms with E-state index in [1.807, 2.05) is 36.4 Å². The summed E-state index contributed by atoms with van der Waals surface area (Å²) in [5.74, 6) is 0.590. The highest BCUT2D eigenvalue weighted by atomic mass is 16.6. The van der Waals surface area contributed by atoms with Crippen LogP contribution in [0.5, 0.6) is 0 Å². The zero-order valence-corrected chi connectivity index (χ0v) is 17.3. The van der Waals surface area contributed by atoms with Crippen molar-refractivity contribution in [3.8, 4) is 28.3 Å². The number of nitro groups is 1. The minimum Gasteiger partial charge on any atom is -0.453 e. The molecule has 0 aliphatic rings. The van der Waals surface area contributed by atoms with Crippen LogP contribution in [0.2, 0.25) is 0 Å². The van der Waals surface area contributed by atoms with Gasteiger partial charge in [0.2, 0.25) is 0 Å². The first-order chi connectivity index (χ1) is 16.1. The standard InChI is InChI=1S/C26H17N3O4/c30-24(18-8-3-1-4-9-18)22-23(28-17-7-16-27-28)26(20-12-14-21(15-13-20)29(31)32)33-25(22)19-10-5-2-6-11-19/h1-17H. The van der Waals surface area contributed by atoms with Crippen LogP contribution in [0.3, 0.4) is 0 Å². The predicted molar refractivity (Wildman–Crippen MR) is 123 cm³/mol. The van der Waals surface area contributed by atoms with Gasteiger partial charge in [0, 0.05) is 41.2 Å². The molecule has 0 aliphatic heterocycles. The number of nitro benzene ring substituents is 1. The maximum absolute atomic E-state index is 13.8. The molecule has 160 valence electrons. The SMILES string of the molecule is O=C(c1ccccc1)c1c(-c2ccccc2)oc(-c2ccc([N+](=O)[O-])cc2)c1-n1cccn1. The van der Waals surface area contributed by atoms with Crippen LogP contribution < -0.4 is 0 Å². The topological polar surface area (TPSA) is 91.2 Å². The lowest BCUT2D eigenvalue weighted by atomic mass is 9.98. The Hall–Kier alpha value is -4.78. The molecule has 0 bridgehead atoms. The van der Waals surface area contributed by atoms with Crippen molar-refractivity contribution in [1.29, 1.82) is 0 Å². The molecule has 5 aromatic rings. The Balaban J connectivity index is 1.81. The molecule has 5 rings (SSSR count). The fourth-order valence-electron chi connectivity index (χ4n) is 3.71. The lowest BCUT2D eigenvalue weighted by Crippen LogP contribution is -2.07. The lowest BCUT2D eigenvalue weighted by molar-refractivity contribution is -0.384. The molecule has 0 amide bonds. The number of nitrogens with zero attached hydrogens (tertiary/aromatic N) is 3. The second-order valence-electron chi connectivity index (χ2n) is 7.30. The Labute approximate surface area is 188 Å². The molecule has 0 saturated carbocycles. The van der Waals surface area contributed by atoms with Crippen LogP contribution >= 0.6 is 0 Å². The van der Waals surface area contributed by atoms with Crippen molar-refractivity contribution in [1.82, 2.24) is 9.78 Å². The first kappa shape index (κ1) is 20.1. The largest absolute Gasteiger partial charge is 0.453 e. The first-order valence-electron chi connectivity index (χ1n) is 10.2. The first-order valence-corrected chi connectivity index (χ1v) is 10.2. The number of ketones is 1. The molecule has 0 aliphatic carbocycles. The molecule has 0 unspecified atom stereocenters. The summed E-state index contributed by atoms with van der Waals surface area (Å²) in [4.78, 5) is 24.4. The van der Waals surface area contributed by atoms with Crippen molar-refractivity contribution in [2.24, 2.45) is 0 Å². The molecule has 2 aromatic heterocycles. The van der Waals surface area contributed by atoms with Gasteiger partial charge in [-0.1, -0.05) is 60.7 Å². The van der Waals surface area contributed by atoms with E-state index in [1.165, 1.54) is 12.1 Å². The Bertz CT molecular complexity index is 1420. The minimum absolute atomic E-state index is 0.0326. The number of hydrogen-bond donors (Lipinski definition) is 0. The van der Waals surface area contributed by atoms with Gasteiger partial charge < -0.3 is 4.42 Å².